The molecule has 0 atom stereocenters. The second-order valence-electron chi connectivity index (χ2n) is 3.13. The summed E-state index contributed by atoms with van der Waals surface area (Å²) in [5.74, 6) is -1.27. The van der Waals surface area contributed by atoms with Crippen LogP contribution in [-0.2, 0) is 11.2 Å². The van der Waals surface area contributed by atoms with Gasteiger partial charge in [-0.2, -0.15) is 0 Å². The molecule has 0 unspecified atom stereocenters. The maximum atomic E-state index is 10.5. The minimum absolute atomic E-state index is 0.00469. The molecular weight excluding hydrogens is 200 g/mol. The van der Waals surface area contributed by atoms with E-state index in [0.29, 0.717) is 10.8 Å². The zero-order valence-corrected chi connectivity index (χ0v) is 7.60. The van der Waals surface area contributed by atoms with Crippen LogP contribution in [0.5, 0.6) is 11.7 Å². The van der Waals surface area contributed by atoms with Gasteiger partial charge in [0.1, 0.15) is 17.9 Å². The monoisotopic (exact) mass is 208 g/mol. The second-order valence-corrected chi connectivity index (χ2v) is 3.13. The number of aromatic hydroxyl groups is 2. The summed E-state index contributed by atoms with van der Waals surface area (Å²) in [6, 6.07) is 4.22. The zero-order valence-electron chi connectivity index (χ0n) is 7.60. The molecule has 15 heavy (non-hydrogen) atoms. The number of furan rings is 1. The van der Waals surface area contributed by atoms with Gasteiger partial charge in [0.25, 0.3) is 5.95 Å². The van der Waals surface area contributed by atoms with Gasteiger partial charge in [-0.3, -0.25) is 4.79 Å². The van der Waals surface area contributed by atoms with Crippen LogP contribution in [0.25, 0.3) is 10.8 Å². The first-order valence-corrected chi connectivity index (χ1v) is 4.23. The van der Waals surface area contributed by atoms with Crippen LogP contribution in [0.4, 0.5) is 0 Å². The number of carbonyl (C=O) groups is 1. The molecule has 0 radical (unpaired) electrons. The summed E-state index contributed by atoms with van der Waals surface area (Å²) in [6.45, 7) is 0. The molecule has 0 amide bonds. The Morgan fingerprint density at radius 2 is 2.00 bits per heavy atom. The van der Waals surface area contributed by atoms with Crippen molar-refractivity contribution >= 4 is 16.7 Å². The number of rotatable bonds is 2. The Kier molecular flexibility index (Phi) is 2.00. The Morgan fingerprint density at radius 3 is 2.67 bits per heavy atom. The Hall–Kier alpha value is -2.17. The molecule has 2 aromatic rings. The molecule has 0 aliphatic rings. The summed E-state index contributed by atoms with van der Waals surface area (Å²) < 4.78 is 4.89. The van der Waals surface area contributed by atoms with Crippen LogP contribution >= 0.6 is 0 Å². The molecule has 0 spiro atoms. The topological polar surface area (TPSA) is 90.9 Å². The van der Waals surface area contributed by atoms with Crippen LogP contribution in [0, 0.1) is 0 Å². The number of benzene rings is 1. The van der Waals surface area contributed by atoms with Gasteiger partial charge < -0.3 is 19.7 Å². The number of fused-ring (bicyclic) bond motifs is 1. The minimum Gasteiger partial charge on any atom is -0.508 e. The van der Waals surface area contributed by atoms with E-state index in [1.807, 2.05) is 0 Å². The van der Waals surface area contributed by atoms with Crippen molar-refractivity contribution in [3.8, 4) is 11.7 Å². The Labute approximate surface area is 84.2 Å². The standard InChI is InChI=1S/C10H8O5/c11-5-1-2-6-7(3-5)8(4-9(12)13)15-10(6)14/h1-3,11,14H,4H2,(H,12,13). The highest BCUT2D eigenvalue weighted by molar-refractivity contribution is 5.91. The fourth-order valence-corrected chi connectivity index (χ4v) is 1.44. The van der Waals surface area contributed by atoms with Gasteiger partial charge in [0.15, 0.2) is 0 Å². The highest BCUT2D eigenvalue weighted by Gasteiger charge is 2.15. The summed E-state index contributed by atoms with van der Waals surface area (Å²) in [5.41, 5.74) is 0. The van der Waals surface area contributed by atoms with Gasteiger partial charge in [-0.05, 0) is 18.2 Å². The molecule has 1 aromatic carbocycles. The quantitative estimate of drug-likeness (QED) is 0.695. The van der Waals surface area contributed by atoms with Crippen molar-refractivity contribution in [2.24, 2.45) is 0 Å². The molecule has 1 aromatic heterocycles. The lowest BCUT2D eigenvalue weighted by atomic mass is 10.1. The van der Waals surface area contributed by atoms with Crippen molar-refractivity contribution in [1.82, 2.24) is 0 Å². The van der Waals surface area contributed by atoms with E-state index in [-0.39, 0.29) is 23.9 Å². The molecule has 0 aliphatic carbocycles. The lowest BCUT2D eigenvalue weighted by Crippen LogP contribution is -1.98. The molecule has 5 heteroatoms. The lowest BCUT2D eigenvalue weighted by Gasteiger charge is -1.93. The van der Waals surface area contributed by atoms with Gasteiger partial charge in [-0.1, -0.05) is 0 Å². The largest absolute Gasteiger partial charge is 0.508 e. The van der Waals surface area contributed by atoms with Gasteiger partial charge in [-0.25, -0.2) is 0 Å². The number of aliphatic carboxylic acids is 1. The van der Waals surface area contributed by atoms with Gasteiger partial charge in [-0.15, -0.1) is 0 Å². The second kappa shape index (κ2) is 3.20. The van der Waals surface area contributed by atoms with Gasteiger partial charge in [0.05, 0.1) is 5.39 Å². The summed E-state index contributed by atoms with van der Waals surface area (Å²) in [6.07, 6.45) is -0.333. The fourth-order valence-electron chi connectivity index (χ4n) is 1.44. The molecule has 1 heterocycles. The average Bonchev–Trinajstić information content (AvgIpc) is 2.42. The van der Waals surface area contributed by atoms with Gasteiger partial charge >= 0.3 is 5.97 Å². The molecule has 3 N–H and O–H groups in total. The Morgan fingerprint density at radius 1 is 1.27 bits per heavy atom. The molecule has 5 nitrogen and oxygen atoms in total. The first kappa shape index (κ1) is 9.39. The zero-order chi connectivity index (χ0) is 11.0. The third kappa shape index (κ3) is 1.59. The fraction of sp³-hybridized carbons (Fsp3) is 0.100. The number of hydrogen-bond acceptors (Lipinski definition) is 4. The molecule has 0 bridgehead atoms. The van der Waals surface area contributed by atoms with Gasteiger partial charge in [0.2, 0.25) is 0 Å². The normalized spacial score (nSPS) is 10.7. The smallest absolute Gasteiger partial charge is 0.311 e. The number of carboxylic acids is 1. The number of carboxylic acid groups (broad SMARTS) is 1. The number of hydrogen-bond donors (Lipinski definition) is 3. The molecule has 0 saturated carbocycles. The van der Waals surface area contributed by atoms with Crippen molar-refractivity contribution in [3.05, 3.63) is 24.0 Å². The predicted octanol–water partition coefficient (Wildman–Crippen LogP) is 1.47. The van der Waals surface area contributed by atoms with E-state index in [1.54, 1.807) is 0 Å². The molecule has 0 saturated heterocycles. The first-order chi connectivity index (χ1) is 7.08. The maximum Gasteiger partial charge on any atom is 0.311 e. The number of phenols is 1. The Balaban J connectivity index is 2.64. The van der Waals surface area contributed by atoms with Crippen LogP contribution in [0.1, 0.15) is 5.76 Å². The van der Waals surface area contributed by atoms with E-state index in [4.69, 9.17) is 9.52 Å². The van der Waals surface area contributed by atoms with E-state index in [9.17, 15) is 15.0 Å². The van der Waals surface area contributed by atoms with Crippen LogP contribution in [0.3, 0.4) is 0 Å². The first-order valence-electron chi connectivity index (χ1n) is 4.23. The van der Waals surface area contributed by atoms with Crippen LogP contribution in [0.15, 0.2) is 22.6 Å². The van der Waals surface area contributed by atoms with E-state index in [2.05, 4.69) is 0 Å². The third-order valence-corrected chi connectivity index (χ3v) is 2.07. The van der Waals surface area contributed by atoms with Crippen LogP contribution < -0.4 is 0 Å². The third-order valence-electron chi connectivity index (χ3n) is 2.07. The highest BCUT2D eigenvalue weighted by atomic mass is 16.5. The van der Waals surface area contributed by atoms with E-state index in [1.165, 1.54) is 18.2 Å². The van der Waals surface area contributed by atoms with Crippen molar-refractivity contribution < 1.29 is 24.5 Å². The lowest BCUT2D eigenvalue weighted by molar-refractivity contribution is -0.136. The Bertz CT molecular complexity index is 526. The van der Waals surface area contributed by atoms with Crippen molar-refractivity contribution in [2.45, 2.75) is 6.42 Å². The van der Waals surface area contributed by atoms with Crippen molar-refractivity contribution in [2.75, 3.05) is 0 Å². The van der Waals surface area contributed by atoms with Gasteiger partial charge in [0, 0.05) is 5.39 Å². The van der Waals surface area contributed by atoms with Crippen LogP contribution in [0.2, 0.25) is 0 Å². The van der Waals surface area contributed by atoms with E-state index < -0.39 is 5.97 Å². The average molecular weight is 208 g/mol. The predicted molar refractivity (Wildman–Crippen MR) is 50.9 cm³/mol. The van der Waals surface area contributed by atoms with E-state index >= 15 is 0 Å². The maximum absolute atomic E-state index is 10.5. The molecular formula is C10H8O5. The summed E-state index contributed by atoms with van der Waals surface area (Å²) >= 11 is 0. The molecule has 0 aliphatic heterocycles. The summed E-state index contributed by atoms with van der Waals surface area (Å²) in [5, 5.41) is 28.0. The van der Waals surface area contributed by atoms with E-state index in [0.717, 1.165) is 0 Å². The minimum atomic E-state index is -1.06. The van der Waals surface area contributed by atoms with Crippen molar-refractivity contribution in [3.63, 3.8) is 0 Å². The number of phenolic OH excluding ortho intramolecular Hbond substituents is 1. The molecule has 0 fully saturated rings. The highest BCUT2D eigenvalue weighted by Crippen LogP contribution is 2.33. The van der Waals surface area contributed by atoms with Crippen molar-refractivity contribution in [1.29, 1.82) is 0 Å². The molecule has 2 rings (SSSR count). The van der Waals surface area contributed by atoms with Crippen LogP contribution in [-0.4, -0.2) is 21.3 Å². The SMILES string of the molecule is O=C(O)Cc1oc(O)c2ccc(O)cc12. The summed E-state index contributed by atoms with van der Waals surface area (Å²) in [7, 11) is 0. The molecule has 78 valence electrons. The summed E-state index contributed by atoms with van der Waals surface area (Å²) in [4.78, 5) is 10.5.